The molecule has 0 N–H and O–H groups in total. The van der Waals surface area contributed by atoms with Gasteiger partial charge in [-0.15, -0.1) is 0 Å². The van der Waals surface area contributed by atoms with Gasteiger partial charge in [0.25, 0.3) is 0 Å². The van der Waals surface area contributed by atoms with Gasteiger partial charge in [0.05, 0.1) is 6.54 Å². The second-order valence-electron chi connectivity index (χ2n) is 7.44. The predicted molar refractivity (Wildman–Crippen MR) is 92.1 cm³/mol. The first-order valence-electron chi connectivity index (χ1n) is 9.09. The van der Waals surface area contributed by atoms with Crippen molar-refractivity contribution in [2.45, 2.75) is 36.9 Å². The lowest BCUT2D eigenvalue weighted by Gasteiger charge is -2.28. The van der Waals surface area contributed by atoms with E-state index in [9.17, 15) is 18.0 Å². The largest absolute Gasteiger partial charge is 0.404 e. The Morgan fingerprint density at radius 2 is 2.07 bits per heavy atom. The molecule has 7 nitrogen and oxygen atoms in total. The third-order valence-electron chi connectivity index (χ3n) is 5.51. The van der Waals surface area contributed by atoms with Crippen LogP contribution in [0.1, 0.15) is 25.2 Å². The number of likely N-dealkylation sites (tertiary alicyclic amines) is 1. The molecule has 4 rings (SSSR count). The number of nitrogens with zero attached hydrogens (tertiary/aromatic N) is 5. The molecule has 0 bridgehead atoms. The molecule has 1 amide bonds. The molecule has 0 radical (unpaired) electrons. The Hall–Kier alpha value is -2.49. The van der Waals surface area contributed by atoms with E-state index in [1.54, 1.807) is 24.1 Å². The van der Waals surface area contributed by atoms with Gasteiger partial charge in [0, 0.05) is 44.1 Å². The number of halogens is 3. The van der Waals surface area contributed by atoms with E-state index in [1.165, 1.54) is 17.3 Å². The highest BCUT2D eigenvalue weighted by Gasteiger charge is 2.63. The normalized spacial score (nSPS) is 23.1. The highest BCUT2D eigenvalue weighted by Crippen LogP contribution is 2.47. The summed E-state index contributed by atoms with van der Waals surface area (Å²) in [5.74, 6) is -0.537. The summed E-state index contributed by atoms with van der Waals surface area (Å²) in [4.78, 5) is 23.4. The molecular formula is C18H20F3N5O2. The van der Waals surface area contributed by atoms with Gasteiger partial charge in [-0.25, -0.2) is 0 Å². The van der Waals surface area contributed by atoms with Crippen LogP contribution < -0.4 is 0 Å². The van der Waals surface area contributed by atoms with Gasteiger partial charge in [-0.3, -0.25) is 14.7 Å². The van der Waals surface area contributed by atoms with Gasteiger partial charge < -0.3 is 9.42 Å². The minimum Gasteiger partial charge on any atom is -0.342 e. The lowest BCUT2D eigenvalue weighted by molar-refractivity contribution is -0.194. The third kappa shape index (κ3) is 3.36. The second-order valence-corrected chi connectivity index (χ2v) is 7.44. The molecule has 1 unspecified atom stereocenters. The molecular weight excluding hydrogens is 375 g/mol. The van der Waals surface area contributed by atoms with Gasteiger partial charge in [-0.1, -0.05) is 5.16 Å². The number of amides is 1. The van der Waals surface area contributed by atoms with Crippen molar-refractivity contribution in [2.24, 2.45) is 0 Å². The van der Waals surface area contributed by atoms with Crippen LogP contribution in [-0.2, 0) is 10.2 Å². The molecule has 1 saturated heterocycles. The molecule has 2 fully saturated rings. The Kier molecular flexibility index (Phi) is 4.60. The van der Waals surface area contributed by atoms with E-state index < -0.39 is 17.5 Å². The quantitative estimate of drug-likeness (QED) is 0.773. The standard InChI is InChI=1S/C18H20F3N5O2/c1-25(13-2-3-13)14(27)10-26-9-6-17(11-26,18(19,20)21)16-23-15(24-28-16)12-4-7-22-8-5-12/h4-5,7-8,13H,2-3,6,9-11H2,1H3. The van der Waals surface area contributed by atoms with Crippen molar-refractivity contribution in [3.63, 3.8) is 0 Å². The molecule has 2 aromatic rings. The van der Waals surface area contributed by atoms with Crippen LogP contribution in [0.5, 0.6) is 0 Å². The fourth-order valence-corrected chi connectivity index (χ4v) is 3.56. The van der Waals surface area contributed by atoms with Gasteiger partial charge in [0.2, 0.25) is 17.6 Å². The molecule has 0 spiro atoms. The zero-order chi connectivity index (χ0) is 19.9. The van der Waals surface area contributed by atoms with Crippen LogP contribution in [0.4, 0.5) is 13.2 Å². The maximum atomic E-state index is 14.1. The van der Waals surface area contributed by atoms with Crippen LogP contribution in [0.2, 0.25) is 0 Å². The summed E-state index contributed by atoms with van der Waals surface area (Å²) in [7, 11) is 1.70. The number of hydrogen-bond donors (Lipinski definition) is 0. The third-order valence-corrected chi connectivity index (χ3v) is 5.51. The van der Waals surface area contributed by atoms with Crippen LogP contribution in [0, 0.1) is 0 Å². The number of likely N-dealkylation sites (N-methyl/N-ethyl adjacent to an activating group) is 1. The Morgan fingerprint density at radius 1 is 1.36 bits per heavy atom. The monoisotopic (exact) mass is 395 g/mol. The van der Waals surface area contributed by atoms with Crippen molar-refractivity contribution >= 4 is 5.91 Å². The van der Waals surface area contributed by atoms with Crippen LogP contribution >= 0.6 is 0 Å². The second kappa shape index (κ2) is 6.84. The summed E-state index contributed by atoms with van der Waals surface area (Å²) in [5.41, 5.74) is -1.75. The first kappa shape index (κ1) is 18.9. The van der Waals surface area contributed by atoms with Crippen molar-refractivity contribution in [2.75, 3.05) is 26.7 Å². The SMILES string of the molecule is CN(C(=O)CN1CCC(c2nc(-c3ccncc3)no2)(C(F)(F)F)C1)C1CC1. The molecule has 1 aliphatic carbocycles. The Labute approximate surface area is 159 Å². The summed E-state index contributed by atoms with van der Waals surface area (Å²) in [6, 6.07) is 3.42. The number of carbonyl (C=O) groups is 1. The van der Waals surface area contributed by atoms with Crippen molar-refractivity contribution < 1.29 is 22.5 Å². The molecule has 10 heteroatoms. The highest BCUT2D eigenvalue weighted by atomic mass is 19.4. The number of rotatable bonds is 5. The summed E-state index contributed by atoms with van der Waals surface area (Å²) in [6.45, 7) is -0.286. The lowest BCUT2D eigenvalue weighted by Crippen LogP contribution is -2.46. The van der Waals surface area contributed by atoms with Gasteiger partial charge in [0.1, 0.15) is 0 Å². The van der Waals surface area contributed by atoms with Crippen LogP contribution in [0.25, 0.3) is 11.4 Å². The number of carbonyl (C=O) groups excluding carboxylic acids is 1. The number of aromatic nitrogens is 3. The maximum Gasteiger partial charge on any atom is 0.404 e. The first-order chi connectivity index (χ1) is 13.3. The molecule has 1 aliphatic heterocycles. The maximum absolute atomic E-state index is 14.1. The summed E-state index contributed by atoms with van der Waals surface area (Å²) >= 11 is 0. The van der Waals surface area contributed by atoms with Crippen molar-refractivity contribution in [3.8, 4) is 11.4 Å². The van der Waals surface area contributed by atoms with Gasteiger partial charge in [0.15, 0.2) is 5.41 Å². The topological polar surface area (TPSA) is 75.4 Å². The van der Waals surface area contributed by atoms with Gasteiger partial charge in [-0.2, -0.15) is 18.2 Å². The molecule has 28 heavy (non-hydrogen) atoms. The smallest absolute Gasteiger partial charge is 0.342 e. The van der Waals surface area contributed by atoms with Crippen molar-refractivity contribution in [1.29, 1.82) is 0 Å². The van der Waals surface area contributed by atoms with Crippen molar-refractivity contribution in [1.82, 2.24) is 24.9 Å². The average Bonchev–Trinajstić information content (AvgIpc) is 3.22. The van der Waals surface area contributed by atoms with E-state index in [4.69, 9.17) is 4.52 Å². The Bertz CT molecular complexity index is 852. The van der Waals surface area contributed by atoms with Crippen LogP contribution in [0.15, 0.2) is 29.0 Å². The summed E-state index contributed by atoms with van der Waals surface area (Å²) < 4.78 is 47.2. The van der Waals surface area contributed by atoms with E-state index in [-0.39, 0.29) is 43.8 Å². The fraction of sp³-hybridized carbons (Fsp3) is 0.556. The molecule has 2 aliphatic rings. The highest BCUT2D eigenvalue weighted by molar-refractivity contribution is 5.78. The number of alkyl halides is 3. The molecule has 150 valence electrons. The fourth-order valence-electron chi connectivity index (χ4n) is 3.56. The number of pyridine rings is 1. The van der Waals surface area contributed by atoms with Crippen LogP contribution in [0.3, 0.4) is 0 Å². The van der Waals surface area contributed by atoms with Gasteiger partial charge >= 0.3 is 6.18 Å². The van der Waals surface area contributed by atoms with Gasteiger partial charge in [-0.05, 0) is 31.4 Å². The minimum atomic E-state index is -4.57. The zero-order valence-corrected chi connectivity index (χ0v) is 15.3. The molecule has 1 atom stereocenters. The molecule has 0 aromatic carbocycles. The molecule has 2 aromatic heterocycles. The van der Waals surface area contributed by atoms with E-state index in [2.05, 4.69) is 15.1 Å². The van der Waals surface area contributed by atoms with E-state index >= 15 is 0 Å². The minimum absolute atomic E-state index is 0.0455. The van der Waals surface area contributed by atoms with E-state index in [0.717, 1.165) is 12.8 Å². The van der Waals surface area contributed by atoms with E-state index in [1.807, 2.05) is 0 Å². The molecule has 3 heterocycles. The molecule has 1 saturated carbocycles. The Morgan fingerprint density at radius 3 is 2.71 bits per heavy atom. The van der Waals surface area contributed by atoms with Crippen molar-refractivity contribution in [3.05, 3.63) is 30.4 Å². The average molecular weight is 395 g/mol. The Balaban J connectivity index is 1.55. The lowest BCUT2D eigenvalue weighted by atomic mass is 9.86. The number of hydrogen-bond acceptors (Lipinski definition) is 6. The van der Waals surface area contributed by atoms with Crippen LogP contribution in [-0.4, -0.2) is 69.7 Å². The summed E-state index contributed by atoms with van der Waals surface area (Å²) in [6.07, 6.45) is 0.113. The zero-order valence-electron chi connectivity index (χ0n) is 15.3. The van der Waals surface area contributed by atoms with E-state index in [0.29, 0.717) is 5.56 Å². The first-order valence-corrected chi connectivity index (χ1v) is 9.09. The summed E-state index contributed by atoms with van der Waals surface area (Å²) in [5, 5.41) is 3.73. The predicted octanol–water partition coefficient (Wildman–Crippen LogP) is 2.26.